The molecule has 2 aromatic rings. The molecule has 0 radical (unpaired) electrons. The molecule has 1 heterocycles. The minimum Gasteiger partial charge on any atom is -0.365 e. The molecule has 142 valence electrons. The van der Waals surface area contributed by atoms with Crippen molar-refractivity contribution in [1.29, 1.82) is 0 Å². The zero-order valence-electron chi connectivity index (χ0n) is 15.0. The summed E-state index contributed by atoms with van der Waals surface area (Å²) in [5, 5.41) is 0.733. The number of carbonyl (C=O) groups is 2. The lowest BCUT2D eigenvalue weighted by Gasteiger charge is -2.41. The van der Waals surface area contributed by atoms with Crippen LogP contribution < -0.4 is 4.90 Å². The Morgan fingerprint density at radius 3 is 2.33 bits per heavy atom. The molecule has 1 unspecified atom stereocenters. The van der Waals surface area contributed by atoms with Crippen molar-refractivity contribution in [1.82, 2.24) is 4.90 Å². The van der Waals surface area contributed by atoms with Crippen molar-refractivity contribution in [3.05, 3.63) is 63.4 Å². The average molecular weight is 409 g/mol. The normalized spacial score (nSPS) is 17.1. The Labute approximate surface area is 167 Å². The fraction of sp³-hybridized carbons (Fsp3) is 0.300. The van der Waals surface area contributed by atoms with Crippen molar-refractivity contribution < 1.29 is 14.0 Å². The zero-order chi connectivity index (χ0) is 19.7. The summed E-state index contributed by atoms with van der Waals surface area (Å²) in [5.74, 6) is -0.738. The summed E-state index contributed by atoms with van der Waals surface area (Å²) in [7, 11) is 0. The number of amides is 1. The topological polar surface area (TPSA) is 40.6 Å². The van der Waals surface area contributed by atoms with Crippen molar-refractivity contribution >= 4 is 40.6 Å². The maximum atomic E-state index is 14.4. The summed E-state index contributed by atoms with van der Waals surface area (Å²) < 4.78 is 14.4. The summed E-state index contributed by atoms with van der Waals surface area (Å²) >= 11 is 11.9. The third kappa shape index (κ3) is 4.09. The number of hydrogen-bond donors (Lipinski definition) is 0. The van der Waals surface area contributed by atoms with E-state index in [1.807, 2.05) is 11.8 Å². The molecule has 7 heteroatoms. The number of carbonyl (C=O) groups excluding carboxylic acids is 2. The minimum absolute atomic E-state index is 0.118. The second kappa shape index (κ2) is 7.87. The molecule has 0 spiro atoms. The molecule has 0 N–H and O–H groups in total. The molecule has 4 nitrogen and oxygen atoms in total. The molecule has 1 aliphatic heterocycles. The predicted molar refractivity (Wildman–Crippen MR) is 106 cm³/mol. The highest BCUT2D eigenvalue weighted by Gasteiger charge is 2.29. The predicted octanol–water partition coefficient (Wildman–Crippen LogP) is 4.69. The van der Waals surface area contributed by atoms with Gasteiger partial charge in [0.1, 0.15) is 5.82 Å². The molecule has 1 amide bonds. The zero-order valence-corrected chi connectivity index (χ0v) is 16.5. The lowest BCUT2D eigenvalue weighted by atomic mass is 10.1. The molecule has 0 saturated carbocycles. The minimum atomic E-state index is -0.431. The van der Waals surface area contributed by atoms with Crippen LogP contribution in [-0.4, -0.2) is 42.3 Å². The Bertz CT molecular complexity index is 904. The molecule has 1 aliphatic rings. The van der Waals surface area contributed by atoms with Crippen LogP contribution in [0.4, 0.5) is 10.1 Å². The number of nitrogens with zero attached hydrogens (tertiary/aromatic N) is 2. The molecule has 1 atom stereocenters. The van der Waals surface area contributed by atoms with Crippen LogP contribution >= 0.6 is 23.2 Å². The van der Waals surface area contributed by atoms with Crippen molar-refractivity contribution in [2.24, 2.45) is 0 Å². The highest BCUT2D eigenvalue weighted by molar-refractivity contribution is 6.42. The number of benzene rings is 2. The van der Waals surface area contributed by atoms with E-state index in [9.17, 15) is 14.0 Å². The van der Waals surface area contributed by atoms with Gasteiger partial charge < -0.3 is 9.80 Å². The highest BCUT2D eigenvalue weighted by atomic mass is 35.5. The molecule has 2 aromatic carbocycles. The summed E-state index contributed by atoms with van der Waals surface area (Å²) in [4.78, 5) is 27.8. The number of halogens is 3. The first kappa shape index (κ1) is 19.6. The van der Waals surface area contributed by atoms with Gasteiger partial charge in [-0.15, -0.1) is 0 Å². The van der Waals surface area contributed by atoms with Gasteiger partial charge in [-0.1, -0.05) is 23.2 Å². The lowest BCUT2D eigenvalue weighted by molar-refractivity contribution is 0.0673. The number of anilines is 1. The quantitative estimate of drug-likeness (QED) is 0.691. The second-order valence-corrected chi connectivity index (χ2v) is 7.46. The van der Waals surface area contributed by atoms with Gasteiger partial charge in [-0.25, -0.2) is 4.39 Å². The number of Topliss-reactive ketones (excluding diaryl/α,β-unsaturated/α-hetero) is 1. The van der Waals surface area contributed by atoms with Crippen molar-refractivity contribution in [2.45, 2.75) is 19.9 Å². The second-order valence-electron chi connectivity index (χ2n) is 6.64. The fourth-order valence-corrected chi connectivity index (χ4v) is 3.55. The molecule has 0 bridgehead atoms. The molecule has 27 heavy (non-hydrogen) atoms. The van der Waals surface area contributed by atoms with Crippen molar-refractivity contribution in [3.8, 4) is 0 Å². The van der Waals surface area contributed by atoms with Crippen LogP contribution in [0.25, 0.3) is 0 Å². The third-order valence-corrected chi connectivity index (χ3v) is 5.49. The fourth-order valence-electron chi connectivity index (χ4n) is 3.26. The van der Waals surface area contributed by atoms with Crippen LogP contribution in [0.15, 0.2) is 36.4 Å². The smallest absolute Gasteiger partial charge is 0.254 e. The van der Waals surface area contributed by atoms with Gasteiger partial charge in [0.25, 0.3) is 5.91 Å². The Kier molecular flexibility index (Phi) is 5.72. The summed E-state index contributed by atoms with van der Waals surface area (Å²) in [6.07, 6.45) is 0. The van der Waals surface area contributed by atoms with Gasteiger partial charge in [-0.05, 0) is 50.2 Å². The van der Waals surface area contributed by atoms with Gasteiger partial charge in [-0.3, -0.25) is 9.59 Å². The van der Waals surface area contributed by atoms with E-state index < -0.39 is 5.82 Å². The van der Waals surface area contributed by atoms with E-state index in [1.54, 1.807) is 35.2 Å². The lowest BCUT2D eigenvalue weighted by Crippen LogP contribution is -2.54. The van der Waals surface area contributed by atoms with Crippen molar-refractivity contribution in [3.63, 3.8) is 0 Å². The van der Waals surface area contributed by atoms with Crippen LogP contribution in [0.5, 0.6) is 0 Å². The summed E-state index contributed by atoms with van der Waals surface area (Å²) in [6.45, 7) is 4.76. The van der Waals surface area contributed by atoms with Gasteiger partial charge in [0, 0.05) is 36.8 Å². The van der Waals surface area contributed by atoms with Gasteiger partial charge >= 0.3 is 0 Å². The Morgan fingerprint density at radius 2 is 1.74 bits per heavy atom. The number of ketones is 1. The molecule has 1 fully saturated rings. The van der Waals surface area contributed by atoms with E-state index in [4.69, 9.17) is 23.2 Å². The number of rotatable bonds is 3. The van der Waals surface area contributed by atoms with Crippen molar-refractivity contribution in [2.75, 3.05) is 24.5 Å². The Balaban J connectivity index is 1.75. The van der Waals surface area contributed by atoms with Crippen LogP contribution in [0.3, 0.4) is 0 Å². The molecular weight excluding hydrogens is 390 g/mol. The first-order valence-electron chi connectivity index (χ1n) is 8.59. The van der Waals surface area contributed by atoms with Gasteiger partial charge in [0.15, 0.2) is 5.78 Å². The average Bonchev–Trinajstić information content (AvgIpc) is 2.63. The summed E-state index contributed by atoms with van der Waals surface area (Å²) in [5.41, 5.74) is 1.26. The molecule has 0 aliphatic carbocycles. The summed E-state index contributed by atoms with van der Waals surface area (Å²) in [6, 6.07) is 9.20. The van der Waals surface area contributed by atoms with Crippen LogP contribution in [0.2, 0.25) is 10.0 Å². The van der Waals surface area contributed by atoms with E-state index in [0.29, 0.717) is 46.5 Å². The Hall–Kier alpha value is -2.11. The molecule has 3 rings (SSSR count). The van der Waals surface area contributed by atoms with Crippen LogP contribution in [0, 0.1) is 5.82 Å². The first-order chi connectivity index (χ1) is 12.8. The molecule has 0 aromatic heterocycles. The standard InChI is InChI=1S/C20H19Cl2FN2O2/c1-12-11-24(19-6-4-14(13(2)26)10-18(19)23)7-8-25(12)20(27)15-3-5-16(21)17(22)9-15/h3-6,9-10,12H,7-8,11H2,1-2H3. The van der Waals surface area contributed by atoms with Crippen LogP contribution in [0.1, 0.15) is 34.6 Å². The monoisotopic (exact) mass is 408 g/mol. The first-order valence-corrected chi connectivity index (χ1v) is 9.35. The van der Waals surface area contributed by atoms with E-state index >= 15 is 0 Å². The maximum Gasteiger partial charge on any atom is 0.254 e. The van der Waals surface area contributed by atoms with E-state index in [2.05, 4.69) is 0 Å². The van der Waals surface area contributed by atoms with E-state index in [-0.39, 0.29) is 17.7 Å². The van der Waals surface area contributed by atoms with E-state index in [1.165, 1.54) is 13.0 Å². The number of piperazine rings is 1. The number of hydrogen-bond acceptors (Lipinski definition) is 3. The van der Waals surface area contributed by atoms with E-state index in [0.717, 1.165) is 0 Å². The molecule has 1 saturated heterocycles. The third-order valence-electron chi connectivity index (χ3n) is 4.75. The van der Waals surface area contributed by atoms with Crippen LogP contribution in [-0.2, 0) is 0 Å². The van der Waals surface area contributed by atoms with Gasteiger partial charge in [0.05, 0.1) is 15.7 Å². The Morgan fingerprint density at radius 1 is 1.04 bits per heavy atom. The van der Waals surface area contributed by atoms with Gasteiger partial charge in [0.2, 0.25) is 0 Å². The maximum absolute atomic E-state index is 14.4. The molecular formula is C20H19Cl2FN2O2. The highest BCUT2D eigenvalue weighted by Crippen LogP contribution is 2.26. The SMILES string of the molecule is CC(=O)c1ccc(N2CCN(C(=O)c3ccc(Cl)c(Cl)c3)C(C)C2)c(F)c1. The van der Waals surface area contributed by atoms with Gasteiger partial charge in [-0.2, -0.15) is 0 Å². The largest absolute Gasteiger partial charge is 0.365 e.